The van der Waals surface area contributed by atoms with Crippen LogP contribution in [0.25, 0.3) is 0 Å². The maximum Gasteiger partial charge on any atom is 0.319 e. The summed E-state index contributed by atoms with van der Waals surface area (Å²) in [7, 11) is -3.78. The number of benzene rings is 3. The number of rotatable bonds is 14. The summed E-state index contributed by atoms with van der Waals surface area (Å²) in [4.78, 5) is 26.3. The number of hydrogen-bond acceptors (Lipinski definition) is 4. The van der Waals surface area contributed by atoms with Gasteiger partial charge in [-0.05, 0) is 65.3 Å². The first-order valence-corrected chi connectivity index (χ1v) is 16.5. The van der Waals surface area contributed by atoms with E-state index in [1.807, 2.05) is 42.5 Å². The second-order valence-corrected chi connectivity index (χ2v) is 13.6. The van der Waals surface area contributed by atoms with E-state index in [-0.39, 0.29) is 16.2 Å². The van der Waals surface area contributed by atoms with Crippen molar-refractivity contribution in [3.05, 3.63) is 90.0 Å². The zero-order valence-corrected chi connectivity index (χ0v) is 26.8. The Balaban J connectivity index is 1.62. The number of hydrogen-bond donors (Lipinski definition) is 4. The molecule has 9 heteroatoms. The summed E-state index contributed by atoms with van der Waals surface area (Å²) in [6.45, 7) is 11.1. The predicted molar refractivity (Wildman–Crippen MR) is 175 cm³/mol. The largest absolute Gasteiger partial charge is 0.354 e. The third-order valence-corrected chi connectivity index (χ3v) is 8.84. The van der Waals surface area contributed by atoms with Crippen molar-refractivity contribution in [3.63, 3.8) is 0 Å². The van der Waals surface area contributed by atoms with Gasteiger partial charge in [-0.2, -0.15) is 0 Å². The number of anilines is 2. The van der Waals surface area contributed by atoms with Gasteiger partial charge in [-0.15, -0.1) is 0 Å². The van der Waals surface area contributed by atoms with Gasteiger partial charge in [-0.3, -0.25) is 9.52 Å². The van der Waals surface area contributed by atoms with Gasteiger partial charge in [-0.25, -0.2) is 13.2 Å². The van der Waals surface area contributed by atoms with Crippen molar-refractivity contribution in [1.82, 2.24) is 10.6 Å². The van der Waals surface area contributed by atoms with Gasteiger partial charge < -0.3 is 16.0 Å². The standard InChI is InChI=1S/C34H46N4O4S/c1-6-8-12-25(7-2)24-35-32(39)31(23-26-13-10-9-11-14-26)37-33(40)36-28-17-19-29(20-18-28)38-43(41,42)30-21-15-27(16-22-30)34(3,4)5/h9-11,13-22,25,31,38H,6-8,12,23-24H2,1-5H3,(H,35,39)(H2,36,37,40)/t25?,31-/m1/s1. The third kappa shape index (κ3) is 10.7. The summed E-state index contributed by atoms with van der Waals surface area (Å²) in [6.07, 6.45) is 4.62. The highest BCUT2D eigenvalue weighted by Gasteiger charge is 2.22. The van der Waals surface area contributed by atoms with Crippen LogP contribution < -0.4 is 20.7 Å². The lowest BCUT2D eigenvalue weighted by Crippen LogP contribution is -2.50. The molecule has 0 spiro atoms. The van der Waals surface area contributed by atoms with E-state index in [1.54, 1.807) is 36.4 Å². The van der Waals surface area contributed by atoms with Crippen LogP contribution in [0.2, 0.25) is 0 Å². The highest BCUT2D eigenvalue weighted by atomic mass is 32.2. The summed E-state index contributed by atoms with van der Waals surface area (Å²) >= 11 is 0. The number of amides is 3. The molecule has 0 aromatic heterocycles. The van der Waals surface area contributed by atoms with Gasteiger partial charge in [0.2, 0.25) is 5.91 Å². The molecule has 3 aromatic rings. The molecular weight excluding hydrogens is 560 g/mol. The number of unbranched alkanes of at least 4 members (excludes halogenated alkanes) is 1. The molecule has 8 nitrogen and oxygen atoms in total. The van der Waals surface area contributed by atoms with Crippen LogP contribution >= 0.6 is 0 Å². The first-order valence-electron chi connectivity index (χ1n) is 15.0. The van der Waals surface area contributed by atoms with Crippen molar-refractivity contribution < 1.29 is 18.0 Å². The Bertz CT molecular complexity index is 1420. The lowest BCUT2D eigenvalue weighted by Gasteiger charge is -2.21. The second kappa shape index (κ2) is 15.6. The Morgan fingerprint density at radius 3 is 2.05 bits per heavy atom. The van der Waals surface area contributed by atoms with Gasteiger partial charge in [0.1, 0.15) is 6.04 Å². The van der Waals surface area contributed by atoms with E-state index >= 15 is 0 Å². The summed E-state index contributed by atoms with van der Waals surface area (Å²) < 4.78 is 28.4. The molecule has 3 aromatic carbocycles. The Morgan fingerprint density at radius 1 is 0.837 bits per heavy atom. The highest BCUT2D eigenvalue weighted by molar-refractivity contribution is 7.92. The summed E-state index contributed by atoms with van der Waals surface area (Å²) in [5, 5.41) is 8.60. The zero-order valence-electron chi connectivity index (χ0n) is 25.9. The van der Waals surface area contributed by atoms with Crippen LogP contribution in [0.3, 0.4) is 0 Å². The number of sulfonamides is 1. The van der Waals surface area contributed by atoms with Crippen LogP contribution in [-0.4, -0.2) is 32.9 Å². The lowest BCUT2D eigenvalue weighted by atomic mass is 9.87. The molecule has 3 amide bonds. The highest BCUT2D eigenvalue weighted by Crippen LogP contribution is 2.25. The third-order valence-electron chi connectivity index (χ3n) is 7.44. The number of nitrogens with one attached hydrogen (secondary N) is 4. The van der Waals surface area contributed by atoms with Crippen molar-refractivity contribution in [2.24, 2.45) is 5.92 Å². The molecule has 0 bridgehead atoms. The van der Waals surface area contributed by atoms with Crippen molar-refractivity contribution in [3.8, 4) is 0 Å². The normalized spacial score (nSPS) is 13.0. The minimum atomic E-state index is -3.78. The molecule has 0 aliphatic carbocycles. The maximum absolute atomic E-state index is 13.2. The molecule has 232 valence electrons. The van der Waals surface area contributed by atoms with Crippen molar-refractivity contribution in [2.75, 3.05) is 16.6 Å². The predicted octanol–water partition coefficient (Wildman–Crippen LogP) is 6.85. The van der Waals surface area contributed by atoms with Crippen LogP contribution in [-0.2, 0) is 26.7 Å². The van der Waals surface area contributed by atoms with Crippen LogP contribution in [0, 0.1) is 5.92 Å². The molecule has 0 aliphatic rings. The molecule has 1 unspecified atom stereocenters. The van der Waals surface area contributed by atoms with E-state index in [0.29, 0.717) is 30.3 Å². The van der Waals surface area contributed by atoms with E-state index in [0.717, 1.165) is 36.8 Å². The van der Waals surface area contributed by atoms with E-state index in [4.69, 9.17) is 0 Å². The Morgan fingerprint density at radius 2 is 1.47 bits per heavy atom. The second-order valence-electron chi connectivity index (χ2n) is 12.0. The SMILES string of the molecule is CCCCC(CC)CNC(=O)[C@@H](Cc1ccccc1)NC(=O)Nc1ccc(NS(=O)(=O)c2ccc(C(C)(C)C)cc2)cc1. The first-order chi connectivity index (χ1) is 20.4. The zero-order chi connectivity index (χ0) is 31.5. The maximum atomic E-state index is 13.2. The molecule has 0 saturated heterocycles. The Labute approximate surface area is 257 Å². The molecule has 0 aliphatic heterocycles. The molecule has 43 heavy (non-hydrogen) atoms. The minimum absolute atomic E-state index is 0.0808. The van der Waals surface area contributed by atoms with Gasteiger partial charge >= 0.3 is 6.03 Å². The minimum Gasteiger partial charge on any atom is -0.354 e. The van der Waals surface area contributed by atoms with Gasteiger partial charge in [0.05, 0.1) is 4.90 Å². The Hall–Kier alpha value is -3.85. The fourth-order valence-electron chi connectivity index (χ4n) is 4.67. The number of urea groups is 1. The topological polar surface area (TPSA) is 116 Å². The van der Waals surface area contributed by atoms with Crippen LogP contribution in [0.4, 0.5) is 16.2 Å². The number of carbonyl (C=O) groups is 2. The average Bonchev–Trinajstić information content (AvgIpc) is 2.98. The quantitative estimate of drug-likeness (QED) is 0.161. The van der Waals surface area contributed by atoms with E-state index in [2.05, 4.69) is 55.3 Å². The van der Waals surface area contributed by atoms with Gasteiger partial charge in [0.15, 0.2) is 0 Å². The van der Waals surface area contributed by atoms with Crippen LogP contribution in [0.1, 0.15) is 71.4 Å². The molecule has 0 fully saturated rings. The van der Waals surface area contributed by atoms with Crippen molar-refractivity contribution in [1.29, 1.82) is 0 Å². The lowest BCUT2D eigenvalue weighted by molar-refractivity contribution is -0.123. The van der Waals surface area contributed by atoms with Crippen molar-refractivity contribution in [2.45, 2.75) is 83.1 Å². The van der Waals surface area contributed by atoms with Crippen molar-refractivity contribution >= 4 is 33.3 Å². The fourth-order valence-corrected chi connectivity index (χ4v) is 5.72. The Kier molecular flexibility index (Phi) is 12.2. The summed E-state index contributed by atoms with van der Waals surface area (Å²) in [5.41, 5.74) is 2.72. The van der Waals surface area contributed by atoms with Gasteiger partial charge in [0, 0.05) is 24.3 Å². The summed E-state index contributed by atoms with van der Waals surface area (Å²) in [5.74, 6) is 0.170. The van der Waals surface area contributed by atoms with Gasteiger partial charge in [0.25, 0.3) is 10.0 Å². The first kappa shape index (κ1) is 33.6. The van der Waals surface area contributed by atoms with Crippen LogP contribution in [0.15, 0.2) is 83.8 Å². The molecule has 2 atom stereocenters. The van der Waals surface area contributed by atoms with E-state index in [9.17, 15) is 18.0 Å². The molecular formula is C34H46N4O4S. The number of carbonyl (C=O) groups excluding carboxylic acids is 2. The molecule has 0 heterocycles. The monoisotopic (exact) mass is 606 g/mol. The van der Waals surface area contributed by atoms with E-state index < -0.39 is 22.1 Å². The average molecular weight is 607 g/mol. The van der Waals surface area contributed by atoms with E-state index in [1.165, 1.54) is 0 Å². The summed E-state index contributed by atoms with van der Waals surface area (Å²) in [6, 6.07) is 21.5. The van der Waals surface area contributed by atoms with Crippen LogP contribution in [0.5, 0.6) is 0 Å². The molecule has 0 saturated carbocycles. The molecule has 0 radical (unpaired) electrons. The fraction of sp³-hybridized carbons (Fsp3) is 0.412. The molecule has 3 rings (SSSR count). The van der Waals surface area contributed by atoms with Gasteiger partial charge in [-0.1, -0.05) is 96.3 Å². The smallest absolute Gasteiger partial charge is 0.319 e. The molecule has 4 N–H and O–H groups in total.